The molecule has 0 aliphatic heterocycles. The predicted octanol–water partition coefficient (Wildman–Crippen LogP) is 2.75. The van der Waals surface area contributed by atoms with Gasteiger partial charge in [0.05, 0.1) is 4.47 Å². The molecule has 0 aliphatic carbocycles. The maximum atomic E-state index is 12.8. The number of aromatic nitrogens is 2. The number of hydrogen-bond acceptors (Lipinski definition) is 4. The van der Waals surface area contributed by atoms with E-state index in [2.05, 4.69) is 25.9 Å². The summed E-state index contributed by atoms with van der Waals surface area (Å²) in [5.74, 6) is 0.726. The molecule has 82 valence electrons. The summed E-state index contributed by atoms with van der Waals surface area (Å²) in [6.07, 6.45) is 1.29. The van der Waals surface area contributed by atoms with Crippen molar-refractivity contribution < 1.29 is 9.13 Å². The van der Waals surface area contributed by atoms with Crippen LogP contribution in [-0.4, -0.2) is 9.97 Å². The van der Waals surface area contributed by atoms with E-state index in [1.807, 2.05) is 0 Å². The number of anilines is 1. The molecule has 2 rings (SSSR count). The van der Waals surface area contributed by atoms with Gasteiger partial charge in [0.1, 0.15) is 23.7 Å². The van der Waals surface area contributed by atoms with E-state index in [-0.39, 0.29) is 5.82 Å². The number of nitrogens with zero attached hydrogens (tertiary/aromatic N) is 2. The average molecular weight is 284 g/mol. The lowest BCUT2D eigenvalue weighted by Gasteiger charge is -2.06. The van der Waals surface area contributed by atoms with Crippen LogP contribution in [0.25, 0.3) is 0 Å². The molecule has 0 amide bonds. The van der Waals surface area contributed by atoms with E-state index in [4.69, 9.17) is 10.5 Å². The van der Waals surface area contributed by atoms with Crippen LogP contribution in [0.3, 0.4) is 0 Å². The Hall–Kier alpha value is -1.69. The Morgan fingerprint density at radius 1 is 1.25 bits per heavy atom. The fourth-order valence-corrected chi connectivity index (χ4v) is 1.51. The molecule has 2 aromatic rings. The second kappa shape index (κ2) is 4.44. The summed E-state index contributed by atoms with van der Waals surface area (Å²) in [4.78, 5) is 7.60. The summed E-state index contributed by atoms with van der Waals surface area (Å²) in [6.45, 7) is 0. The number of rotatable bonds is 2. The third-order valence-electron chi connectivity index (χ3n) is 1.77. The van der Waals surface area contributed by atoms with Crippen molar-refractivity contribution in [2.24, 2.45) is 0 Å². The quantitative estimate of drug-likeness (QED) is 0.921. The van der Waals surface area contributed by atoms with Crippen molar-refractivity contribution >= 4 is 21.7 Å². The molecule has 0 bridgehead atoms. The second-order valence-electron chi connectivity index (χ2n) is 2.96. The molecule has 0 aliphatic rings. The molecule has 1 aromatic heterocycles. The van der Waals surface area contributed by atoms with E-state index in [0.29, 0.717) is 21.9 Å². The van der Waals surface area contributed by atoms with Crippen molar-refractivity contribution in [3.05, 3.63) is 40.9 Å². The minimum Gasteiger partial charge on any atom is -0.438 e. The normalized spacial score (nSPS) is 10.1. The Morgan fingerprint density at radius 2 is 2.06 bits per heavy atom. The van der Waals surface area contributed by atoms with Gasteiger partial charge in [-0.1, -0.05) is 0 Å². The highest BCUT2D eigenvalue weighted by Gasteiger charge is 2.05. The van der Waals surface area contributed by atoms with Crippen molar-refractivity contribution in [1.82, 2.24) is 9.97 Å². The van der Waals surface area contributed by atoms with Crippen molar-refractivity contribution in [1.29, 1.82) is 0 Å². The molecular formula is C10H7BrFN3O. The summed E-state index contributed by atoms with van der Waals surface area (Å²) < 4.78 is 18.7. The summed E-state index contributed by atoms with van der Waals surface area (Å²) in [7, 11) is 0. The lowest BCUT2D eigenvalue weighted by atomic mass is 10.3. The van der Waals surface area contributed by atoms with Crippen molar-refractivity contribution in [2.75, 3.05) is 5.73 Å². The van der Waals surface area contributed by atoms with Crippen LogP contribution in [0.5, 0.6) is 11.6 Å². The van der Waals surface area contributed by atoms with E-state index < -0.39 is 0 Å². The maximum Gasteiger partial charge on any atom is 0.224 e. The molecule has 16 heavy (non-hydrogen) atoms. The van der Waals surface area contributed by atoms with Crippen LogP contribution in [0.15, 0.2) is 35.1 Å². The molecule has 0 spiro atoms. The predicted molar refractivity (Wildman–Crippen MR) is 60.6 cm³/mol. The summed E-state index contributed by atoms with van der Waals surface area (Å²) in [5, 5.41) is 0. The van der Waals surface area contributed by atoms with Gasteiger partial charge in [0.15, 0.2) is 0 Å². The highest BCUT2D eigenvalue weighted by atomic mass is 79.9. The smallest absolute Gasteiger partial charge is 0.224 e. The van der Waals surface area contributed by atoms with Crippen LogP contribution in [0.1, 0.15) is 0 Å². The third-order valence-corrected chi connectivity index (χ3v) is 2.39. The number of nitrogens with two attached hydrogens (primary N) is 1. The fourth-order valence-electron chi connectivity index (χ4n) is 1.08. The van der Waals surface area contributed by atoms with Gasteiger partial charge in [0, 0.05) is 6.07 Å². The molecule has 0 fully saturated rings. The standard InChI is InChI=1S/C10H7BrFN3O/c11-7-3-6(12)1-2-8(7)16-10-4-9(13)14-5-15-10/h1-5H,(H2,13,14,15). The van der Waals surface area contributed by atoms with Gasteiger partial charge in [-0.3, -0.25) is 0 Å². The lowest BCUT2D eigenvalue weighted by molar-refractivity contribution is 0.457. The molecule has 0 unspecified atom stereocenters. The molecule has 1 aromatic carbocycles. The topological polar surface area (TPSA) is 61.0 Å². The molecule has 6 heteroatoms. The van der Waals surface area contributed by atoms with Crippen LogP contribution in [-0.2, 0) is 0 Å². The van der Waals surface area contributed by atoms with E-state index in [1.165, 1.54) is 30.6 Å². The van der Waals surface area contributed by atoms with Gasteiger partial charge in [-0.2, -0.15) is 0 Å². The zero-order chi connectivity index (χ0) is 11.5. The maximum absolute atomic E-state index is 12.8. The van der Waals surface area contributed by atoms with E-state index >= 15 is 0 Å². The van der Waals surface area contributed by atoms with Gasteiger partial charge < -0.3 is 10.5 Å². The van der Waals surface area contributed by atoms with Crippen LogP contribution >= 0.6 is 15.9 Å². The number of benzene rings is 1. The molecule has 2 N–H and O–H groups in total. The molecule has 0 saturated heterocycles. The second-order valence-corrected chi connectivity index (χ2v) is 3.81. The highest BCUT2D eigenvalue weighted by molar-refractivity contribution is 9.10. The van der Waals surface area contributed by atoms with Crippen molar-refractivity contribution in [2.45, 2.75) is 0 Å². The van der Waals surface area contributed by atoms with Crippen molar-refractivity contribution in [3.8, 4) is 11.6 Å². The van der Waals surface area contributed by atoms with Crippen LogP contribution in [0.4, 0.5) is 10.2 Å². The van der Waals surface area contributed by atoms with Gasteiger partial charge in [0.2, 0.25) is 5.88 Å². The first-order valence-corrected chi connectivity index (χ1v) is 5.15. The minimum atomic E-state index is -0.346. The summed E-state index contributed by atoms with van der Waals surface area (Å²) >= 11 is 3.18. The van der Waals surface area contributed by atoms with Gasteiger partial charge in [0.25, 0.3) is 0 Å². The van der Waals surface area contributed by atoms with Gasteiger partial charge >= 0.3 is 0 Å². The largest absolute Gasteiger partial charge is 0.438 e. The number of ether oxygens (including phenoxy) is 1. The van der Waals surface area contributed by atoms with Crippen LogP contribution in [0, 0.1) is 5.82 Å². The first-order valence-electron chi connectivity index (χ1n) is 4.35. The SMILES string of the molecule is Nc1cc(Oc2ccc(F)cc2Br)ncn1. The number of hydrogen-bond donors (Lipinski definition) is 1. The highest BCUT2D eigenvalue weighted by Crippen LogP contribution is 2.29. The molecule has 0 radical (unpaired) electrons. The first kappa shape index (κ1) is 10.8. The molecule has 4 nitrogen and oxygen atoms in total. The van der Waals surface area contributed by atoms with Crippen molar-refractivity contribution in [3.63, 3.8) is 0 Å². The van der Waals surface area contributed by atoms with Gasteiger partial charge in [-0.15, -0.1) is 0 Å². The molecular weight excluding hydrogens is 277 g/mol. The fraction of sp³-hybridized carbons (Fsp3) is 0. The Kier molecular flexibility index (Phi) is 3.00. The number of nitrogen functional groups attached to an aromatic ring is 1. The van der Waals surface area contributed by atoms with Gasteiger partial charge in [-0.25, -0.2) is 14.4 Å². The van der Waals surface area contributed by atoms with E-state index in [0.717, 1.165) is 0 Å². The average Bonchev–Trinajstić information content (AvgIpc) is 2.22. The zero-order valence-electron chi connectivity index (χ0n) is 8.02. The molecule has 0 atom stereocenters. The van der Waals surface area contributed by atoms with E-state index in [1.54, 1.807) is 0 Å². The first-order chi connectivity index (χ1) is 7.65. The number of halogens is 2. The Balaban J connectivity index is 2.27. The Labute approximate surface area is 99.4 Å². The zero-order valence-corrected chi connectivity index (χ0v) is 9.61. The summed E-state index contributed by atoms with van der Waals surface area (Å²) in [6, 6.07) is 5.58. The lowest BCUT2D eigenvalue weighted by Crippen LogP contribution is -1.94. The Bertz CT molecular complexity index is 521. The monoisotopic (exact) mass is 283 g/mol. The third kappa shape index (κ3) is 2.46. The van der Waals surface area contributed by atoms with Crippen LogP contribution in [0.2, 0.25) is 0 Å². The molecule has 1 heterocycles. The van der Waals surface area contributed by atoms with E-state index in [9.17, 15) is 4.39 Å². The van der Waals surface area contributed by atoms with Crippen LogP contribution < -0.4 is 10.5 Å². The molecule has 0 saturated carbocycles. The minimum absolute atomic E-state index is 0.305. The summed E-state index contributed by atoms with van der Waals surface area (Å²) in [5.41, 5.74) is 5.47. The van der Waals surface area contributed by atoms with Gasteiger partial charge in [-0.05, 0) is 34.1 Å². The Morgan fingerprint density at radius 3 is 2.75 bits per heavy atom.